The summed E-state index contributed by atoms with van der Waals surface area (Å²) < 4.78 is 7.18. The molecule has 0 aliphatic rings. The fourth-order valence-corrected chi connectivity index (χ4v) is 1.62. The third kappa shape index (κ3) is 4.19. The van der Waals surface area contributed by atoms with E-state index in [0.717, 1.165) is 6.42 Å². The zero-order valence-electron chi connectivity index (χ0n) is 10.2. The lowest BCUT2D eigenvalue weighted by Gasteiger charge is -2.04. The van der Waals surface area contributed by atoms with E-state index in [1.54, 1.807) is 0 Å². The minimum absolute atomic E-state index is 0.0583. The van der Waals surface area contributed by atoms with Gasteiger partial charge in [0.05, 0.1) is 5.69 Å². The molecule has 1 aromatic rings. The highest BCUT2D eigenvalue weighted by molar-refractivity contribution is 5.95. The number of Topliss-reactive ketones (excluding diaryl/α,β-unsaturated/α-hetero) is 1. The normalized spacial score (nSPS) is 10.6. The molecule has 3 nitrogen and oxygen atoms in total. The average Bonchev–Trinajstić information content (AvgIpc) is 2.69. The van der Waals surface area contributed by atoms with Crippen LogP contribution in [-0.4, -0.2) is 23.6 Å². The molecule has 0 N–H and O–H groups in total. The predicted molar refractivity (Wildman–Crippen MR) is 64.7 cm³/mol. The highest BCUT2D eigenvalue weighted by Crippen LogP contribution is 2.02. The van der Waals surface area contributed by atoms with E-state index in [0.29, 0.717) is 12.3 Å². The molecule has 0 saturated carbocycles. The summed E-state index contributed by atoms with van der Waals surface area (Å²) in [6.07, 6.45) is 6.58. The van der Waals surface area contributed by atoms with E-state index in [4.69, 9.17) is 4.74 Å². The number of carbonyl (C=O) groups excluding carboxylic acids is 1. The molecule has 0 amide bonds. The average molecular weight is 223 g/mol. The van der Waals surface area contributed by atoms with Gasteiger partial charge in [0.25, 0.3) is 0 Å². The Kier molecular flexibility index (Phi) is 5.86. The third-order valence-electron chi connectivity index (χ3n) is 2.60. The molecular weight excluding hydrogens is 202 g/mol. The Balaban J connectivity index is 2.14. The van der Waals surface area contributed by atoms with Crippen LogP contribution in [0, 0.1) is 0 Å². The van der Waals surface area contributed by atoms with E-state index >= 15 is 0 Å². The number of hydrogen-bond donors (Lipinski definition) is 0. The number of ether oxygens (including phenoxy) is 1. The first kappa shape index (κ1) is 13.0. The Bertz CT molecular complexity index is 317. The summed E-state index contributed by atoms with van der Waals surface area (Å²) in [7, 11) is 1.87. The summed E-state index contributed by atoms with van der Waals surface area (Å²) >= 11 is 0. The monoisotopic (exact) mass is 223 g/mol. The quantitative estimate of drug-likeness (QED) is 0.501. The maximum absolute atomic E-state index is 11.7. The van der Waals surface area contributed by atoms with Gasteiger partial charge in [-0.15, -0.1) is 0 Å². The minimum atomic E-state index is 0.0583. The molecule has 1 rings (SSSR count). The fraction of sp³-hybridized carbons (Fsp3) is 0.615. The largest absolute Gasteiger partial charge is 0.373 e. The molecule has 90 valence electrons. The number of hydrogen-bond acceptors (Lipinski definition) is 2. The molecule has 0 radical (unpaired) electrons. The highest BCUT2D eigenvalue weighted by Gasteiger charge is 2.08. The number of ketones is 1. The number of carbonyl (C=O) groups is 1. The second-order valence-electron chi connectivity index (χ2n) is 4.04. The molecule has 3 heteroatoms. The van der Waals surface area contributed by atoms with Crippen molar-refractivity contribution in [3.63, 3.8) is 0 Å². The van der Waals surface area contributed by atoms with Gasteiger partial charge in [0, 0.05) is 19.9 Å². The second kappa shape index (κ2) is 7.23. The molecule has 0 bridgehead atoms. The number of aromatic nitrogens is 1. The Hall–Kier alpha value is -1.09. The van der Waals surface area contributed by atoms with Crippen molar-refractivity contribution in [2.24, 2.45) is 7.05 Å². The molecule has 0 saturated heterocycles. The fourth-order valence-electron chi connectivity index (χ4n) is 1.62. The zero-order chi connectivity index (χ0) is 11.8. The van der Waals surface area contributed by atoms with Gasteiger partial charge in [0.1, 0.15) is 6.61 Å². The summed E-state index contributed by atoms with van der Waals surface area (Å²) in [5, 5.41) is 0. The van der Waals surface area contributed by atoms with Crippen LogP contribution >= 0.6 is 0 Å². The van der Waals surface area contributed by atoms with Gasteiger partial charge in [-0.1, -0.05) is 26.2 Å². The molecule has 0 spiro atoms. The lowest BCUT2D eigenvalue weighted by molar-refractivity contribution is 0.0744. The number of rotatable bonds is 8. The van der Waals surface area contributed by atoms with Crippen molar-refractivity contribution in [3.8, 4) is 0 Å². The Morgan fingerprint density at radius 3 is 2.81 bits per heavy atom. The number of unbranched alkanes of at least 4 members (excludes halogenated alkanes) is 3. The molecule has 0 unspecified atom stereocenters. The van der Waals surface area contributed by atoms with Crippen molar-refractivity contribution < 1.29 is 9.53 Å². The first-order chi connectivity index (χ1) is 7.75. The third-order valence-corrected chi connectivity index (χ3v) is 2.60. The summed E-state index contributed by atoms with van der Waals surface area (Å²) in [4.78, 5) is 11.7. The lowest BCUT2D eigenvalue weighted by Crippen LogP contribution is -2.13. The minimum Gasteiger partial charge on any atom is -0.373 e. The van der Waals surface area contributed by atoms with E-state index in [2.05, 4.69) is 6.92 Å². The molecule has 0 atom stereocenters. The van der Waals surface area contributed by atoms with Crippen molar-refractivity contribution >= 4 is 5.78 Å². The molecule has 0 fully saturated rings. The molecule has 0 aliphatic carbocycles. The smallest absolute Gasteiger partial charge is 0.204 e. The summed E-state index contributed by atoms with van der Waals surface area (Å²) in [6.45, 7) is 3.07. The first-order valence-corrected chi connectivity index (χ1v) is 5.98. The number of nitrogens with zero attached hydrogens (tertiary/aromatic N) is 1. The van der Waals surface area contributed by atoms with E-state index in [1.807, 2.05) is 29.9 Å². The molecule has 16 heavy (non-hydrogen) atoms. The van der Waals surface area contributed by atoms with Crippen LogP contribution in [0.15, 0.2) is 18.3 Å². The van der Waals surface area contributed by atoms with Gasteiger partial charge < -0.3 is 9.30 Å². The van der Waals surface area contributed by atoms with Crippen LogP contribution in [0.4, 0.5) is 0 Å². The summed E-state index contributed by atoms with van der Waals surface area (Å²) in [5.74, 6) is 0.0583. The van der Waals surface area contributed by atoms with Crippen LogP contribution in [0.3, 0.4) is 0 Å². The summed E-state index contributed by atoms with van der Waals surface area (Å²) in [5.41, 5.74) is 0.716. The zero-order valence-corrected chi connectivity index (χ0v) is 10.2. The first-order valence-electron chi connectivity index (χ1n) is 5.98. The van der Waals surface area contributed by atoms with Gasteiger partial charge >= 0.3 is 0 Å². The van der Waals surface area contributed by atoms with Crippen molar-refractivity contribution in [2.45, 2.75) is 32.6 Å². The van der Waals surface area contributed by atoms with Gasteiger partial charge in [0.15, 0.2) is 0 Å². The van der Waals surface area contributed by atoms with Gasteiger partial charge in [-0.2, -0.15) is 0 Å². The van der Waals surface area contributed by atoms with Crippen LogP contribution in [0.25, 0.3) is 0 Å². The van der Waals surface area contributed by atoms with Crippen LogP contribution in [-0.2, 0) is 11.8 Å². The van der Waals surface area contributed by atoms with Crippen LogP contribution < -0.4 is 0 Å². The van der Waals surface area contributed by atoms with E-state index in [1.165, 1.54) is 19.3 Å². The topological polar surface area (TPSA) is 31.2 Å². The Morgan fingerprint density at radius 2 is 2.19 bits per heavy atom. The van der Waals surface area contributed by atoms with E-state index < -0.39 is 0 Å². The molecule has 0 aromatic carbocycles. The van der Waals surface area contributed by atoms with Gasteiger partial charge in [-0.3, -0.25) is 4.79 Å². The van der Waals surface area contributed by atoms with E-state index in [-0.39, 0.29) is 12.4 Å². The number of aryl methyl sites for hydroxylation is 1. The van der Waals surface area contributed by atoms with Crippen LogP contribution in [0.1, 0.15) is 43.1 Å². The van der Waals surface area contributed by atoms with Crippen molar-refractivity contribution in [3.05, 3.63) is 24.0 Å². The Morgan fingerprint density at radius 1 is 1.38 bits per heavy atom. The maximum Gasteiger partial charge on any atom is 0.204 e. The molecular formula is C13H21NO2. The predicted octanol–water partition coefficient (Wildman–Crippen LogP) is 2.80. The maximum atomic E-state index is 11.7. The SMILES string of the molecule is CCCCCCOCC(=O)c1cccn1C. The second-order valence-corrected chi connectivity index (χ2v) is 4.04. The van der Waals surface area contributed by atoms with Crippen molar-refractivity contribution in [2.75, 3.05) is 13.2 Å². The van der Waals surface area contributed by atoms with Gasteiger partial charge in [-0.25, -0.2) is 0 Å². The summed E-state index contributed by atoms with van der Waals surface area (Å²) in [6, 6.07) is 3.69. The lowest BCUT2D eigenvalue weighted by atomic mass is 10.2. The molecule has 1 aromatic heterocycles. The molecule has 1 heterocycles. The highest BCUT2D eigenvalue weighted by atomic mass is 16.5. The van der Waals surface area contributed by atoms with E-state index in [9.17, 15) is 4.79 Å². The standard InChI is InChI=1S/C13H21NO2/c1-3-4-5-6-10-16-11-13(15)12-8-7-9-14(12)2/h7-9H,3-6,10-11H2,1-2H3. The molecule has 0 aliphatic heterocycles. The van der Waals surface area contributed by atoms with Gasteiger partial charge in [-0.05, 0) is 18.6 Å². The van der Waals surface area contributed by atoms with Gasteiger partial charge in [0.2, 0.25) is 5.78 Å². The Labute approximate surface area is 97.4 Å². The van der Waals surface area contributed by atoms with Crippen LogP contribution in [0.2, 0.25) is 0 Å². The van der Waals surface area contributed by atoms with Crippen molar-refractivity contribution in [1.82, 2.24) is 4.57 Å². The van der Waals surface area contributed by atoms with Crippen molar-refractivity contribution in [1.29, 1.82) is 0 Å². The van der Waals surface area contributed by atoms with Crippen LogP contribution in [0.5, 0.6) is 0 Å².